The summed E-state index contributed by atoms with van der Waals surface area (Å²) < 4.78 is 16.2. The summed E-state index contributed by atoms with van der Waals surface area (Å²) in [7, 11) is 1.60. The highest BCUT2D eigenvalue weighted by atomic mass is 16.6. The molecule has 0 amide bonds. The maximum absolute atomic E-state index is 10.5. The van der Waals surface area contributed by atoms with Crippen LogP contribution in [-0.2, 0) is 15.1 Å². The summed E-state index contributed by atoms with van der Waals surface area (Å²) in [6.45, 7) is 1.23. The molecule has 0 unspecified atom stereocenters. The van der Waals surface area contributed by atoms with Gasteiger partial charge in [0.05, 0.1) is 25.9 Å². The minimum Gasteiger partial charge on any atom is -0.493 e. The number of isocyanates is 1. The van der Waals surface area contributed by atoms with Gasteiger partial charge >= 0.3 is 0 Å². The van der Waals surface area contributed by atoms with E-state index in [1.165, 1.54) is 0 Å². The van der Waals surface area contributed by atoms with Gasteiger partial charge in [-0.2, -0.15) is 4.99 Å². The van der Waals surface area contributed by atoms with Crippen molar-refractivity contribution >= 4 is 6.08 Å². The molecule has 0 bridgehead atoms. The molecular formula is C14H15NO4. The molecule has 1 saturated carbocycles. The zero-order chi connectivity index (χ0) is 13.3. The number of benzene rings is 1. The van der Waals surface area contributed by atoms with Gasteiger partial charge in [0.25, 0.3) is 0 Å². The van der Waals surface area contributed by atoms with E-state index < -0.39 is 0 Å². The number of aliphatic imine (C=N–C) groups is 1. The molecule has 1 saturated heterocycles. The van der Waals surface area contributed by atoms with Crippen molar-refractivity contribution in [2.24, 2.45) is 4.99 Å². The molecule has 1 aliphatic carbocycles. The summed E-state index contributed by atoms with van der Waals surface area (Å²) in [6.07, 6.45) is 3.51. The number of carbonyl (C=O) groups excluding carboxylic acids is 1. The Bertz CT molecular complexity index is 528. The molecule has 5 heteroatoms. The molecule has 19 heavy (non-hydrogen) atoms. The van der Waals surface area contributed by atoms with Gasteiger partial charge in [-0.25, -0.2) is 4.79 Å². The van der Waals surface area contributed by atoms with Crippen molar-refractivity contribution in [3.05, 3.63) is 23.8 Å². The van der Waals surface area contributed by atoms with Crippen LogP contribution in [0.4, 0.5) is 0 Å². The lowest BCUT2D eigenvalue weighted by atomic mass is 10.0. The van der Waals surface area contributed by atoms with Gasteiger partial charge < -0.3 is 14.2 Å². The molecule has 0 radical (unpaired) electrons. The minimum absolute atomic E-state index is 0.0997. The first-order chi connectivity index (χ1) is 9.27. The van der Waals surface area contributed by atoms with Crippen LogP contribution >= 0.6 is 0 Å². The van der Waals surface area contributed by atoms with Gasteiger partial charge in [-0.15, -0.1) is 0 Å². The second kappa shape index (κ2) is 4.68. The minimum atomic E-state index is -0.382. The monoisotopic (exact) mass is 261 g/mol. The van der Waals surface area contributed by atoms with E-state index in [0.29, 0.717) is 24.7 Å². The molecule has 0 spiro atoms. The largest absolute Gasteiger partial charge is 0.493 e. The molecule has 1 aromatic rings. The molecule has 1 heterocycles. The maximum Gasteiger partial charge on any atom is 0.235 e. The number of ether oxygens (including phenoxy) is 3. The summed E-state index contributed by atoms with van der Waals surface area (Å²) in [5, 5.41) is 0. The highest BCUT2D eigenvalue weighted by Crippen LogP contribution is 2.50. The molecule has 2 aliphatic rings. The SMILES string of the molecule is COc1cc(C2(N=C=O)CC2)ccc1OC1COC1. The van der Waals surface area contributed by atoms with E-state index in [2.05, 4.69) is 4.99 Å². The molecular weight excluding hydrogens is 246 g/mol. The van der Waals surface area contributed by atoms with Gasteiger partial charge in [0.15, 0.2) is 11.5 Å². The van der Waals surface area contributed by atoms with Crippen LogP contribution in [0.5, 0.6) is 11.5 Å². The van der Waals surface area contributed by atoms with Crippen LogP contribution < -0.4 is 9.47 Å². The van der Waals surface area contributed by atoms with Crippen molar-refractivity contribution < 1.29 is 19.0 Å². The molecule has 2 fully saturated rings. The highest BCUT2D eigenvalue weighted by Gasteiger charge is 2.45. The zero-order valence-corrected chi connectivity index (χ0v) is 10.7. The number of nitrogens with zero attached hydrogens (tertiary/aromatic N) is 1. The number of hydrogen-bond donors (Lipinski definition) is 0. The molecule has 0 aromatic heterocycles. The smallest absolute Gasteiger partial charge is 0.235 e. The van der Waals surface area contributed by atoms with Gasteiger partial charge in [0, 0.05) is 0 Å². The third kappa shape index (κ3) is 2.23. The molecule has 1 aromatic carbocycles. The Hall–Kier alpha value is -1.84. The second-order valence-electron chi connectivity index (χ2n) is 4.88. The predicted molar refractivity (Wildman–Crippen MR) is 67.3 cm³/mol. The van der Waals surface area contributed by atoms with Crippen LogP contribution in [0.15, 0.2) is 23.2 Å². The van der Waals surface area contributed by atoms with Crippen molar-refractivity contribution in [1.29, 1.82) is 0 Å². The fourth-order valence-electron chi connectivity index (χ4n) is 2.19. The first-order valence-corrected chi connectivity index (χ1v) is 6.29. The van der Waals surface area contributed by atoms with E-state index >= 15 is 0 Å². The lowest BCUT2D eigenvalue weighted by molar-refractivity contribution is -0.0803. The van der Waals surface area contributed by atoms with Crippen molar-refractivity contribution in [2.75, 3.05) is 20.3 Å². The van der Waals surface area contributed by atoms with E-state index in [-0.39, 0.29) is 11.6 Å². The molecule has 1 aliphatic heterocycles. The second-order valence-corrected chi connectivity index (χ2v) is 4.88. The average Bonchev–Trinajstić information content (AvgIpc) is 3.15. The summed E-state index contributed by atoms with van der Waals surface area (Å²) in [5.41, 5.74) is 0.595. The number of rotatable bonds is 5. The van der Waals surface area contributed by atoms with Gasteiger partial charge in [0.2, 0.25) is 6.08 Å². The van der Waals surface area contributed by atoms with Gasteiger partial charge in [-0.05, 0) is 30.5 Å². The van der Waals surface area contributed by atoms with Crippen LogP contribution in [0.2, 0.25) is 0 Å². The fourth-order valence-corrected chi connectivity index (χ4v) is 2.19. The van der Waals surface area contributed by atoms with Crippen molar-refractivity contribution in [3.63, 3.8) is 0 Å². The molecule has 0 atom stereocenters. The summed E-state index contributed by atoms with van der Waals surface area (Å²) in [4.78, 5) is 14.4. The average molecular weight is 261 g/mol. The predicted octanol–water partition coefficient (Wildman–Crippen LogP) is 1.80. The topological polar surface area (TPSA) is 57.1 Å². The van der Waals surface area contributed by atoms with Crippen LogP contribution in [-0.4, -0.2) is 32.5 Å². The Morgan fingerprint density at radius 3 is 2.68 bits per heavy atom. The number of methoxy groups -OCH3 is 1. The van der Waals surface area contributed by atoms with Gasteiger partial charge in [-0.3, -0.25) is 0 Å². The van der Waals surface area contributed by atoms with E-state index in [0.717, 1.165) is 18.4 Å². The van der Waals surface area contributed by atoms with Crippen molar-refractivity contribution in [1.82, 2.24) is 0 Å². The third-order valence-electron chi connectivity index (χ3n) is 3.59. The van der Waals surface area contributed by atoms with Crippen LogP contribution in [0.3, 0.4) is 0 Å². The van der Waals surface area contributed by atoms with Crippen LogP contribution in [0, 0.1) is 0 Å². The summed E-state index contributed by atoms with van der Waals surface area (Å²) in [6, 6.07) is 5.70. The maximum atomic E-state index is 10.5. The Kier molecular flexibility index (Phi) is 3.01. The first kappa shape index (κ1) is 12.2. The Morgan fingerprint density at radius 2 is 2.16 bits per heavy atom. The molecule has 0 N–H and O–H groups in total. The Balaban J connectivity index is 1.86. The van der Waals surface area contributed by atoms with E-state index in [1.807, 2.05) is 18.2 Å². The standard InChI is InChI=1S/C14H15NO4/c1-17-13-6-10(14(4-5-14)15-9-16)2-3-12(13)19-11-7-18-8-11/h2-3,6,11H,4-5,7-8H2,1H3. The van der Waals surface area contributed by atoms with E-state index in [9.17, 15) is 4.79 Å². The lowest BCUT2D eigenvalue weighted by Crippen LogP contribution is -2.38. The molecule has 5 nitrogen and oxygen atoms in total. The fraction of sp³-hybridized carbons (Fsp3) is 0.500. The molecule has 100 valence electrons. The normalized spacial score (nSPS) is 20.1. The van der Waals surface area contributed by atoms with E-state index in [4.69, 9.17) is 14.2 Å². The zero-order valence-electron chi connectivity index (χ0n) is 10.7. The third-order valence-corrected chi connectivity index (χ3v) is 3.59. The van der Waals surface area contributed by atoms with Gasteiger partial charge in [0.1, 0.15) is 6.10 Å². The van der Waals surface area contributed by atoms with E-state index in [1.54, 1.807) is 13.2 Å². The Labute approximate surface area is 111 Å². The van der Waals surface area contributed by atoms with Crippen molar-refractivity contribution in [2.45, 2.75) is 24.5 Å². The summed E-state index contributed by atoms with van der Waals surface area (Å²) >= 11 is 0. The quantitative estimate of drug-likeness (QED) is 0.599. The lowest BCUT2D eigenvalue weighted by Gasteiger charge is -2.27. The summed E-state index contributed by atoms with van der Waals surface area (Å²) in [5.74, 6) is 1.36. The van der Waals surface area contributed by atoms with Crippen LogP contribution in [0.1, 0.15) is 18.4 Å². The van der Waals surface area contributed by atoms with Gasteiger partial charge in [-0.1, -0.05) is 6.07 Å². The van der Waals surface area contributed by atoms with Crippen molar-refractivity contribution in [3.8, 4) is 11.5 Å². The highest BCUT2D eigenvalue weighted by molar-refractivity contribution is 5.48. The molecule has 3 rings (SSSR count). The Morgan fingerprint density at radius 1 is 1.37 bits per heavy atom. The first-order valence-electron chi connectivity index (χ1n) is 6.29. The van der Waals surface area contributed by atoms with Crippen LogP contribution in [0.25, 0.3) is 0 Å². The number of hydrogen-bond acceptors (Lipinski definition) is 5.